The van der Waals surface area contributed by atoms with Crippen LogP contribution in [-0.4, -0.2) is 22.3 Å². The van der Waals surface area contributed by atoms with Crippen LogP contribution in [0.4, 0.5) is 0 Å². The lowest BCUT2D eigenvalue weighted by Gasteiger charge is -2.23. The van der Waals surface area contributed by atoms with Gasteiger partial charge in [-0.3, -0.25) is 4.79 Å². The Hall–Kier alpha value is -1.89. The Bertz CT molecular complexity index is 878. The molecule has 0 N–H and O–H groups in total. The maximum absolute atomic E-state index is 12.8. The van der Waals surface area contributed by atoms with E-state index in [-0.39, 0.29) is 5.91 Å². The number of nitrogens with zero attached hydrogens (tertiary/aromatic N) is 2. The number of hydrogen-bond acceptors (Lipinski definition) is 5. The molecule has 0 aliphatic carbocycles. The summed E-state index contributed by atoms with van der Waals surface area (Å²) in [5.41, 5.74) is 0.884. The van der Waals surface area contributed by atoms with E-state index >= 15 is 0 Å². The van der Waals surface area contributed by atoms with E-state index in [9.17, 15) is 4.79 Å². The summed E-state index contributed by atoms with van der Waals surface area (Å²) < 4.78 is 5.75. The van der Waals surface area contributed by atoms with Crippen molar-refractivity contribution in [1.82, 2.24) is 9.88 Å². The molecule has 1 amide bonds. The van der Waals surface area contributed by atoms with E-state index in [1.165, 1.54) is 22.7 Å². The topological polar surface area (TPSA) is 42.4 Å². The lowest BCUT2D eigenvalue weighted by atomic mass is 10.2. The number of benzene rings is 1. The van der Waals surface area contributed by atoms with Gasteiger partial charge < -0.3 is 9.64 Å². The van der Waals surface area contributed by atoms with Gasteiger partial charge in [-0.2, -0.15) is 0 Å². The Morgan fingerprint density at radius 1 is 1.26 bits per heavy atom. The summed E-state index contributed by atoms with van der Waals surface area (Å²) in [6.07, 6.45) is 0. The Balaban J connectivity index is 1.64. The number of aromatic nitrogens is 1. The number of halogens is 1. The quantitative estimate of drug-likeness (QED) is 0.467. The smallest absolute Gasteiger partial charge is 0.264 e. The molecule has 3 aromatic rings. The van der Waals surface area contributed by atoms with E-state index in [1.807, 2.05) is 46.0 Å². The van der Waals surface area contributed by atoms with Gasteiger partial charge in [-0.1, -0.05) is 37.6 Å². The van der Waals surface area contributed by atoms with Gasteiger partial charge in [0.15, 0.2) is 0 Å². The second kappa shape index (κ2) is 9.35. The molecule has 142 valence electrons. The maximum atomic E-state index is 12.8. The molecule has 0 saturated heterocycles. The molecule has 4 nitrogen and oxygen atoms in total. The standard InChI is InChI=1S/C20H21ClN2O2S2/c1-14(2)10-23(20(24)18-7-4-8-26-18)11-16-13-27-19(22-16)12-25-17-6-3-5-15(21)9-17/h3-9,13-14H,10-12H2,1-2H3. The number of hydrogen-bond donors (Lipinski definition) is 0. The zero-order valence-corrected chi connectivity index (χ0v) is 17.6. The molecule has 0 fully saturated rings. The minimum Gasteiger partial charge on any atom is -0.486 e. The van der Waals surface area contributed by atoms with Crippen LogP contribution in [0.15, 0.2) is 47.2 Å². The fourth-order valence-corrected chi connectivity index (χ4v) is 4.17. The number of carbonyl (C=O) groups excluding carboxylic acids is 1. The van der Waals surface area contributed by atoms with E-state index in [4.69, 9.17) is 16.3 Å². The number of thiazole rings is 1. The molecule has 0 radical (unpaired) electrons. The average molecular weight is 421 g/mol. The van der Waals surface area contributed by atoms with Crippen LogP contribution < -0.4 is 4.74 Å². The first-order valence-corrected chi connectivity index (χ1v) is 10.8. The second-order valence-electron chi connectivity index (χ2n) is 6.54. The Kier molecular flexibility index (Phi) is 6.88. The molecule has 7 heteroatoms. The highest BCUT2D eigenvalue weighted by Gasteiger charge is 2.19. The van der Waals surface area contributed by atoms with Crippen LogP contribution in [0.2, 0.25) is 5.02 Å². The molecule has 2 heterocycles. The van der Waals surface area contributed by atoms with Crippen LogP contribution >= 0.6 is 34.3 Å². The van der Waals surface area contributed by atoms with Crippen LogP contribution in [0, 0.1) is 5.92 Å². The van der Waals surface area contributed by atoms with Gasteiger partial charge >= 0.3 is 0 Å². The van der Waals surface area contributed by atoms with Gasteiger partial charge in [0.1, 0.15) is 17.4 Å². The van der Waals surface area contributed by atoms with E-state index in [0.717, 1.165) is 15.6 Å². The predicted octanol–water partition coefficient (Wildman–Crippen LogP) is 5.74. The van der Waals surface area contributed by atoms with Gasteiger partial charge in [-0.15, -0.1) is 22.7 Å². The number of ether oxygens (including phenoxy) is 1. The Morgan fingerprint density at radius 2 is 2.11 bits per heavy atom. The first-order chi connectivity index (χ1) is 13.0. The summed E-state index contributed by atoms with van der Waals surface area (Å²) in [5.74, 6) is 1.16. The molecule has 1 aromatic carbocycles. The molecule has 0 spiro atoms. The van der Waals surface area contributed by atoms with Crippen molar-refractivity contribution in [3.63, 3.8) is 0 Å². The van der Waals surface area contributed by atoms with E-state index in [1.54, 1.807) is 6.07 Å². The molecular formula is C20H21ClN2O2S2. The van der Waals surface area contributed by atoms with Gasteiger partial charge in [-0.05, 0) is 35.6 Å². The Morgan fingerprint density at radius 3 is 2.81 bits per heavy atom. The number of carbonyl (C=O) groups is 1. The van der Waals surface area contributed by atoms with Crippen molar-refractivity contribution in [2.24, 2.45) is 5.92 Å². The zero-order chi connectivity index (χ0) is 19.2. The van der Waals surface area contributed by atoms with Gasteiger partial charge in [0.05, 0.1) is 17.1 Å². The summed E-state index contributed by atoms with van der Waals surface area (Å²) in [7, 11) is 0. The van der Waals surface area contributed by atoms with E-state index < -0.39 is 0 Å². The first-order valence-electron chi connectivity index (χ1n) is 8.65. The summed E-state index contributed by atoms with van der Waals surface area (Å²) in [6, 6.07) is 11.1. The van der Waals surface area contributed by atoms with E-state index in [0.29, 0.717) is 36.4 Å². The monoisotopic (exact) mass is 420 g/mol. The third kappa shape index (κ3) is 5.79. The highest BCUT2D eigenvalue weighted by atomic mass is 35.5. The van der Waals surface area contributed by atoms with Crippen molar-refractivity contribution in [3.8, 4) is 5.75 Å². The predicted molar refractivity (Wildman–Crippen MR) is 112 cm³/mol. The second-order valence-corrected chi connectivity index (χ2v) is 8.86. The lowest BCUT2D eigenvalue weighted by molar-refractivity contribution is 0.0725. The minimum absolute atomic E-state index is 0.0587. The van der Waals surface area contributed by atoms with Crippen LogP contribution in [0.3, 0.4) is 0 Å². The summed E-state index contributed by atoms with van der Waals surface area (Å²) in [6.45, 7) is 5.80. The molecule has 27 heavy (non-hydrogen) atoms. The fraction of sp³-hybridized carbons (Fsp3) is 0.300. The zero-order valence-electron chi connectivity index (χ0n) is 15.2. The average Bonchev–Trinajstić information content (AvgIpc) is 3.30. The van der Waals surface area contributed by atoms with Gasteiger partial charge in [0.25, 0.3) is 5.91 Å². The van der Waals surface area contributed by atoms with Crippen molar-refractivity contribution < 1.29 is 9.53 Å². The van der Waals surface area contributed by atoms with Crippen molar-refractivity contribution in [2.75, 3.05) is 6.54 Å². The van der Waals surface area contributed by atoms with Crippen molar-refractivity contribution in [2.45, 2.75) is 27.0 Å². The Labute approximate surface area is 172 Å². The van der Waals surface area contributed by atoms with E-state index in [2.05, 4.69) is 18.8 Å². The molecule has 0 bridgehead atoms. The summed E-state index contributed by atoms with van der Waals surface area (Å²) >= 11 is 8.98. The van der Waals surface area contributed by atoms with Crippen molar-refractivity contribution in [3.05, 3.63) is 67.8 Å². The summed E-state index contributed by atoms with van der Waals surface area (Å²) in [4.78, 5) is 20.0. The highest BCUT2D eigenvalue weighted by molar-refractivity contribution is 7.12. The largest absolute Gasteiger partial charge is 0.486 e. The molecule has 0 atom stereocenters. The number of rotatable bonds is 8. The molecule has 0 aliphatic heterocycles. The molecule has 0 aliphatic rings. The summed E-state index contributed by atoms with van der Waals surface area (Å²) in [5, 5.41) is 5.43. The van der Waals surface area contributed by atoms with Gasteiger partial charge in [-0.25, -0.2) is 4.98 Å². The first kappa shape index (κ1) is 19.9. The number of thiophene rings is 1. The molecule has 0 saturated carbocycles. The number of amides is 1. The van der Waals surface area contributed by atoms with Crippen LogP contribution in [0.1, 0.15) is 34.2 Å². The molecule has 2 aromatic heterocycles. The lowest BCUT2D eigenvalue weighted by Crippen LogP contribution is -2.33. The van der Waals surface area contributed by atoms with Crippen LogP contribution in [-0.2, 0) is 13.2 Å². The molecular weight excluding hydrogens is 400 g/mol. The van der Waals surface area contributed by atoms with Gasteiger partial charge in [0, 0.05) is 16.9 Å². The third-order valence-electron chi connectivity index (χ3n) is 3.72. The maximum Gasteiger partial charge on any atom is 0.264 e. The molecule has 0 unspecified atom stereocenters. The molecule has 3 rings (SSSR count). The van der Waals surface area contributed by atoms with Crippen LogP contribution in [0.5, 0.6) is 5.75 Å². The normalized spacial score (nSPS) is 11.0. The van der Waals surface area contributed by atoms with Crippen molar-refractivity contribution in [1.29, 1.82) is 0 Å². The van der Waals surface area contributed by atoms with Crippen LogP contribution in [0.25, 0.3) is 0 Å². The minimum atomic E-state index is 0.0587. The van der Waals surface area contributed by atoms with Crippen molar-refractivity contribution >= 4 is 40.2 Å². The highest BCUT2D eigenvalue weighted by Crippen LogP contribution is 2.21. The third-order valence-corrected chi connectivity index (χ3v) is 5.68. The SMILES string of the molecule is CC(C)CN(Cc1csc(COc2cccc(Cl)c2)n1)C(=O)c1cccs1. The fourth-order valence-electron chi connectivity index (χ4n) is 2.60. The van der Waals surface area contributed by atoms with Gasteiger partial charge in [0.2, 0.25) is 0 Å².